The summed E-state index contributed by atoms with van der Waals surface area (Å²) in [7, 11) is 0. The third-order valence-electron chi connectivity index (χ3n) is 2.31. The second kappa shape index (κ2) is 5.14. The van der Waals surface area contributed by atoms with Crippen LogP contribution in [0, 0.1) is 11.6 Å². The van der Waals surface area contributed by atoms with Gasteiger partial charge in [-0.2, -0.15) is 0 Å². The molecule has 0 saturated carbocycles. The summed E-state index contributed by atoms with van der Waals surface area (Å²) in [5.74, 6) is -1.02. The van der Waals surface area contributed by atoms with Gasteiger partial charge in [0.15, 0.2) is 0 Å². The van der Waals surface area contributed by atoms with Gasteiger partial charge in [-0.3, -0.25) is 9.69 Å². The molecule has 2 aromatic carbocycles. The third-order valence-corrected chi connectivity index (χ3v) is 2.48. The summed E-state index contributed by atoms with van der Waals surface area (Å²) in [4.78, 5) is 12.4. The Kier molecular flexibility index (Phi) is 3.58. The summed E-state index contributed by atoms with van der Waals surface area (Å²) in [5, 5.41) is -0.841. The van der Waals surface area contributed by atoms with Gasteiger partial charge in [0.2, 0.25) is 0 Å². The van der Waals surface area contributed by atoms with Crippen LogP contribution in [0.15, 0.2) is 48.5 Å². The van der Waals surface area contributed by atoms with E-state index in [0.29, 0.717) is 0 Å². The molecule has 2 aromatic rings. The molecule has 0 unspecified atom stereocenters. The van der Waals surface area contributed by atoms with E-state index in [4.69, 9.17) is 11.6 Å². The molecule has 0 saturated heterocycles. The van der Waals surface area contributed by atoms with Gasteiger partial charge < -0.3 is 0 Å². The topological polar surface area (TPSA) is 20.3 Å². The van der Waals surface area contributed by atoms with E-state index in [0.717, 1.165) is 17.0 Å². The maximum absolute atomic E-state index is 13.1. The number of hydrogen-bond donors (Lipinski definition) is 0. The van der Waals surface area contributed by atoms with Crippen LogP contribution in [0.5, 0.6) is 0 Å². The standard InChI is InChI=1S/C13H8ClF2NO/c14-13(18)17(11-5-1-3-9(15)7-11)12-6-2-4-10(16)8-12/h1-8H. The van der Waals surface area contributed by atoms with Crippen molar-refractivity contribution in [2.24, 2.45) is 0 Å². The van der Waals surface area contributed by atoms with Crippen molar-refractivity contribution >= 4 is 28.3 Å². The number of rotatable bonds is 2. The van der Waals surface area contributed by atoms with E-state index in [1.807, 2.05) is 0 Å². The van der Waals surface area contributed by atoms with Crippen molar-refractivity contribution in [2.75, 3.05) is 4.90 Å². The van der Waals surface area contributed by atoms with Gasteiger partial charge in [0.1, 0.15) is 11.6 Å². The first-order valence-electron chi connectivity index (χ1n) is 5.08. The Bertz CT molecular complexity index is 543. The molecule has 2 rings (SSSR count). The Morgan fingerprint density at radius 2 is 1.39 bits per heavy atom. The molecule has 92 valence electrons. The summed E-state index contributed by atoms with van der Waals surface area (Å²) in [6, 6.07) is 10.7. The largest absolute Gasteiger partial charge is 0.325 e. The molecule has 0 radical (unpaired) electrons. The molecule has 1 amide bonds. The van der Waals surface area contributed by atoms with Crippen LogP contribution in [0.4, 0.5) is 25.0 Å². The zero-order chi connectivity index (χ0) is 13.1. The number of amides is 1. The zero-order valence-corrected chi connectivity index (χ0v) is 9.86. The van der Waals surface area contributed by atoms with Crippen molar-refractivity contribution in [2.45, 2.75) is 0 Å². The smallest absolute Gasteiger partial charge is 0.267 e. The van der Waals surface area contributed by atoms with Gasteiger partial charge >= 0.3 is 5.37 Å². The predicted octanol–water partition coefficient (Wildman–Crippen LogP) is 4.46. The Morgan fingerprint density at radius 3 is 1.72 bits per heavy atom. The third kappa shape index (κ3) is 2.65. The van der Waals surface area contributed by atoms with Gasteiger partial charge in [-0.05, 0) is 48.0 Å². The van der Waals surface area contributed by atoms with Crippen molar-refractivity contribution in [3.8, 4) is 0 Å². The Labute approximate surface area is 107 Å². The number of benzene rings is 2. The fourth-order valence-electron chi connectivity index (χ4n) is 1.58. The van der Waals surface area contributed by atoms with Crippen LogP contribution < -0.4 is 4.90 Å². The lowest BCUT2D eigenvalue weighted by Gasteiger charge is -2.19. The summed E-state index contributed by atoms with van der Waals surface area (Å²) in [6.45, 7) is 0. The van der Waals surface area contributed by atoms with Gasteiger partial charge in [0.25, 0.3) is 0 Å². The van der Waals surface area contributed by atoms with Crippen molar-refractivity contribution in [1.82, 2.24) is 0 Å². The van der Waals surface area contributed by atoms with E-state index >= 15 is 0 Å². The van der Waals surface area contributed by atoms with Crippen molar-refractivity contribution in [1.29, 1.82) is 0 Å². The molecule has 0 fully saturated rings. The minimum Gasteiger partial charge on any atom is -0.267 e. The second-order valence-corrected chi connectivity index (χ2v) is 3.87. The first-order valence-corrected chi connectivity index (χ1v) is 5.46. The molecule has 0 atom stereocenters. The lowest BCUT2D eigenvalue weighted by molar-refractivity contribution is 0.266. The molecular formula is C13H8ClF2NO. The summed E-state index contributed by atoms with van der Waals surface area (Å²) >= 11 is 5.46. The molecule has 0 aliphatic rings. The van der Waals surface area contributed by atoms with E-state index in [-0.39, 0.29) is 11.4 Å². The van der Waals surface area contributed by atoms with Crippen molar-refractivity contribution in [3.05, 3.63) is 60.2 Å². The molecule has 0 aliphatic heterocycles. The summed E-state index contributed by atoms with van der Waals surface area (Å²) < 4.78 is 26.3. The SMILES string of the molecule is O=C(Cl)N(c1cccc(F)c1)c1cccc(F)c1. The number of carbonyl (C=O) groups excluding carboxylic acids is 1. The highest BCUT2D eigenvalue weighted by molar-refractivity contribution is 6.66. The monoisotopic (exact) mass is 267 g/mol. The lowest BCUT2D eigenvalue weighted by atomic mass is 10.2. The van der Waals surface area contributed by atoms with Gasteiger partial charge in [-0.25, -0.2) is 8.78 Å². The first-order chi connectivity index (χ1) is 8.58. The number of nitrogens with zero attached hydrogens (tertiary/aromatic N) is 1. The maximum atomic E-state index is 13.1. The molecule has 0 aliphatic carbocycles. The van der Waals surface area contributed by atoms with Crippen LogP contribution in [0.2, 0.25) is 0 Å². The second-order valence-electron chi connectivity index (χ2n) is 3.55. The number of anilines is 2. The van der Waals surface area contributed by atoms with Gasteiger partial charge in [0, 0.05) is 0 Å². The molecule has 18 heavy (non-hydrogen) atoms. The van der Waals surface area contributed by atoms with Gasteiger partial charge in [-0.15, -0.1) is 0 Å². The molecule has 0 N–H and O–H groups in total. The fraction of sp³-hybridized carbons (Fsp3) is 0. The van der Waals surface area contributed by atoms with Gasteiger partial charge in [0.05, 0.1) is 11.4 Å². The molecule has 2 nitrogen and oxygen atoms in total. The van der Waals surface area contributed by atoms with Crippen LogP contribution in [-0.2, 0) is 0 Å². The van der Waals surface area contributed by atoms with Crippen LogP contribution in [0.1, 0.15) is 0 Å². The van der Waals surface area contributed by atoms with Crippen molar-refractivity contribution in [3.63, 3.8) is 0 Å². The molecule has 0 aromatic heterocycles. The number of hydrogen-bond acceptors (Lipinski definition) is 1. The highest BCUT2D eigenvalue weighted by Crippen LogP contribution is 2.27. The molecule has 0 spiro atoms. The highest BCUT2D eigenvalue weighted by atomic mass is 35.5. The minimum atomic E-state index is -0.841. The molecular weight excluding hydrogens is 260 g/mol. The van der Waals surface area contributed by atoms with E-state index in [1.165, 1.54) is 36.4 Å². The van der Waals surface area contributed by atoms with E-state index in [2.05, 4.69) is 0 Å². The molecule has 5 heteroatoms. The summed E-state index contributed by atoms with van der Waals surface area (Å²) in [6.07, 6.45) is 0. The molecule has 0 heterocycles. The minimum absolute atomic E-state index is 0.237. The first kappa shape index (κ1) is 12.5. The predicted molar refractivity (Wildman–Crippen MR) is 66.2 cm³/mol. The molecule has 0 bridgehead atoms. The number of halogens is 3. The highest BCUT2D eigenvalue weighted by Gasteiger charge is 2.16. The van der Waals surface area contributed by atoms with Crippen LogP contribution >= 0.6 is 11.6 Å². The zero-order valence-electron chi connectivity index (χ0n) is 9.11. The quantitative estimate of drug-likeness (QED) is 0.581. The fourth-order valence-corrected chi connectivity index (χ4v) is 1.78. The maximum Gasteiger partial charge on any atom is 0.325 e. The van der Waals surface area contributed by atoms with E-state index in [1.54, 1.807) is 0 Å². The van der Waals surface area contributed by atoms with E-state index < -0.39 is 17.0 Å². The van der Waals surface area contributed by atoms with Crippen LogP contribution in [0.25, 0.3) is 0 Å². The van der Waals surface area contributed by atoms with E-state index in [9.17, 15) is 13.6 Å². The van der Waals surface area contributed by atoms with Gasteiger partial charge in [-0.1, -0.05) is 12.1 Å². The lowest BCUT2D eigenvalue weighted by Crippen LogP contribution is -2.19. The average Bonchev–Trinajstić information content (AvgIpc) is 2.28. The Balaban J connectivity index is 2.50. The Morgan fingerprint density at radius 1 is 0.944 bits per heavy atom. The normalized spacial score (nSPS) is 10.2. The summed E-state index contributed by atoms with van der Waals surface area (Å²) in [5.41, 5.74) is 0.473. The average molecular weight is 268 g/mol. The Hall–Kier alpha value is -1.94. The van der Waals surface area contributed by atoms with Crippen LogP contribution in [0.3, 0.4) is 0 Å². The van der Waals surface area contributed by atoms with Crippen molar-refractivity contribution < 1.29 is 13.6 Å². The van der Waals surface area contributed by atoms with Crippen LogP contribution in [-0.4, -0.2) is 5.37 Å². The number of carbonyl (C=O) groups is 1.